The molecule has 0 aliphatic carbocycles. The summed E-state index contributed by atoms with van der Waals surface area (Å²) in [6.45, 7) is 10.3. The molecule has 133 heavy (non-hydrogen) atoms. The highest BCUT2D eigenvalue weighted by Gasteiger charge is 2.68. The third-order valence-corrected chi connectivity index (χ3v) is 26.6. The summed E-state index contributed by atoms with van der Waals surface area (Å²) >= 11 is 5.75. The maximum atomic E-state index is 15.0. The number of H-pyrrole nitrogens is 1. The summed E-state index contributed by atoms with van der Waals surface area (Å²) in [7, 11) is -42.8. The fraction of sp³-hybridized carbons (Fsp3) is 0.561. The summed E-state index contributed by atoms with van der Waals surface area (Å²) in [5, 5.41) is 81.7. The van der Waals surface area contributed by atoms with E-state index in [2.05, 4.69) is 108 Å². The Kier molecular flexibility index (Phi) is 35.4. The number of ether oxygens (including phenoxy) is 5. The first-order chi connectivity index (χ1) is 60.5. The number of alkyl halides is 7. The van der Waals surface area contributed by atoms with Crippen molar-refractivity contribution in [2.24, 2.45) is 15.8 Å². The molecule has 2 aromatic rings. The number of amidine groups is 1. The number of halogens is 7. The van der Waals surface area contributed by atoms with Crippen LogP contribution in [-0.4, -0.2) is 327 Å². The summed E-state index contributed by atoms with van der Waals surface area (Å²) < 4.78 is 235. The lowest BCUT2D eigenvalue weighted by Gasteiger charge is -2.37. The van der Waals surface area contributed by atoms with E-state index in [4.69, 9.17) is 95.5 Å². The SMILES string of the molecule is C=C1N=C(N)C=CN1[C@@H]1O[C@](CCl)(COP(=O)(O)OP(=O)(O)O)[C@@H](O)[C@H]1F.C=C1NC(=O)C=CN1[C@@H]1O[C@](CF)(COP(=O)(O)O)[C@@H](O)[C@@]1(C)O.C=C1NC(=O)C=CN1[C@@H]1O[C@](CN=[N+]=[N-])(COP(=O)(O)OP(=O)(O)OP(=O)(O)O)[C@@H](O)[C@H]1F.C=C1NC(=O)C=CN1[C@@H]1O[C@](F)(COP(=O)(O)O)[C@@H](O)[C@@]1(C)O.Cc1nc2c(ncn2[C@@H]2O[C@](F)(COP(=O)(O)O)[C@@H](O)[C@@]2(C)F)c(=O)[nH]1. The van der Waals surface area contributed by atoms with Crippen molar-refractivity contribution >= 4 is 109 Å². The number of nitrogens with two attached hydrogens (primary N) is 1. The van der Waals surface area contributed by atoms with E-state index in [9.17, 15) is 128 Å². The first-order valence-corrected chi connectivity index (χ1v) is 48.3. The number of aromatic nitrogens is 4. The van der Waals surface area contributed by atoms with Crippen molar-refractivity contribution in [1.29, 1.82) is 0 Å². The van der Waals surface area contributed by atoms with E-state index in [0.29, 0.717) is 0 Å². The number of aryl methyl sites for hydroxylation is 1. The van der Waals surface area contributed by atoms with Gasteiger partial charge < -0.3 is 169 Å². The number of aliphatic hydroxyl groups excluding tert-OH is 5. The molecule has 9 aliphatic heterocycles. The van der Waals surface area contributed by atoms with Gasteiger partial charge in [-0.25, -0.2) is 77.8 Å². The number of aliphatic imine (C=N–C) groups is 1. The Morgan fingerprint density at radius 1 is 0.549 bits per heavy atom. The van der Waals surface area contributed by atoms with Crippen LogP contribution in [0.25, 0.3) is 21.6 Å². The first-order valence-electron chi connectivity index (χ1n) is 35.6. The molecule has 23 atom stereocenters. The smallest absolute Gasteiger partial charge is 0.387 e. The minimum atomic E-state index is -5.85. The van der Waals surface area contributed by atoms with Crippen LogP contribution in [0.15, 0.2) is 120 Å². The molecule has 5 saturated heterocycles. The van der Waals surface area contributed by atoms with Gasteiger partial charge in [-0.3, -0.25) is 46.4 Å². The Morgan fingerprint density at radius 3 is 1.40 bits per heavy atom. The zero-order valence-electron chi connectivity index (χ0n) is 67.5. The summed E-state index contributed by atoms with van der Waals surface area (Å²) in [6.07, 6.45) is -12.8. The number of phosphoric ester groups is 5. The molecule has 3 amide bonds. The predicted molar refractivity (Wildman–Crippen MR) is 419 cm³/mol. The highest BCUT2D eigenvalue weighted by Crippen LogP contribution is 2.67. The molecular formula is C57H83ClF6N16O45P8. The van der Waals surface area contributed by atoms with Crippen LogP contribution < -0.4 is 27.2 Å². The fourth-order valence-electron chi connectivity index (χ4n) is 12.6. The van der Waals surface area contributed by atoms with Crippen molar-refractivity contribution in [2.45, 2.75) is 147 Å². The zero-order valence-corrected chi connectivity index (χ0v) is 75.4. The maximum absolute atomic E-state index is 15.0. The number of rotatable bonds is 30. The van der Waals surface area contributed by atoms with Gasteiger partial charge in [-0.1, -0.05) is 31.4 Å². The van der Waals surface area contributed by atoms with Gasteiger partial charge in [-0.15, -0.1) is 11.6 Å². The molecule has 9 aliphatic rings. The lowest BCUT2D eigenvalue weighted by molar-refractivity contribution is -0.207. The number of nitrogens with zero attached hydrogens (tertiary/aromatic N) is 11. The molecule has 76 heteroatoms. The lowest BCUT2D eigenvalue weighted by atomic mass is 9.88. The van der Waals surface area contributed by atoms with Crippen LogP contribution in [0.2, 0.25) is 0 Å². The third kappa shape index (κ3) is 27.8. The number of nitrogens with one attached hydrogen (secondary N) is 4. The van der Waals surface area contributed by atoms with Gasteiger partial charge >= 0.3 is 62.6 Å². The number of hydrogen-bond donors (Lipinski definition) is 25. The number of imidazole rings is 1. The number of aromatic amines is 1. The number of carbonyl (C=O) groups is 3. The van der Waals surface area contributed by atoms with E-state index in [1.54, 1.807) is 0 Å². The molecular weight excluding hydrogens is 2030 g/mol. The Hall–Kier alpha value is -6.95. The molecule has 750 valence electrons. The standard InChI is InChI=1S/C12H15F2N4O7P.C12H18FN2O8P.C11H17ClFN3O9P2.C11H17FN5O13P3.C11H16FN2O8P/c1-5-16-7-6(8(19)17-5)15-4-18(7)10-11(2,13)9(20)12(14,25-10)3-24-26(21,22)23;1-7-14-8(16)3-4-15(7)10-11(2,18)9(17)12(5-13,23-10)6-22-24(19,20)21;1-6-15-7(14)2-3-16(6)10-8(13)9(17)11(4-12,24-10)5-23-27(21,22)25-26(18,19)20;1-6-15-7(18)2-3-17(6)10-8(12)9(19)11(28-10,4-14-16-13)5-27-32(23,24)30-33(25,26)29-31(20,21)22;1-6-13-7(15)3-4-14(6)9-10(2,17)8(16)11(12,22-9)5-21-23(18,19)20/h4,9-10,20H,3H2,1-2H3,(H,16,17,19)(H2,21,22,23);3-4,9-10,17-18H,1,5-6H2,2H3,(H,14,16)(H2,19,20,21);2-3,8-10,17H,1,4-5H2,(H2,14,15)(H,21,22)(H2,18,19,20);2-3,8-10,19H,1,4-5H2,(H,15,18)(H,23,24)(H,25,26)(H2,20,21,22);3-4,8-9,16-17H,1,5H2,2H3,(H,13,15)(H2,18,19,20)/t2*9-,10+,11+,12+;2*8-,9+,10-,11-;8-,9+,10+,11+/m00110/s1. The minimum absolute atomic E-state index is 0.00111. The van der Waals surface area contributed by atoms with E-state index < -0.39 is 257 Å². The van der Waals surface area contributed by atoms with Crippen molar-refractivity contribution in [3.05, 3.63) is 132 Å². The van der Waals surface area contributed by atoms with E-state index in [-0.39, 0.29) is 46.1 Å². The number of phosphoric acid groups is 8. The fourth-order valence-corrected chi connectivity index (χ4v) is 18.7. The van der Waals surface area contributed by atoms with Crippen LogP contribution in [0.1, 0.15) is 32.8 Å². The van der Waals surface area contributed by atoms with Crippen molar-refractivity contribution in [3.8, 4) is 0 Å². The second-order valence-corrected chi connectivity index (χ2v) is 40.3. The number of azide groups is 1. The van der Waals surface area contributed by atoms with Crippen molar-refractivity contribution in [3.63, 3.8) is 0 Å². The van der Waals surface area contributed by atoms with E-state index in [1.165, 1.54) is 25.4 Å². The Morgan fingerprint density at radius 2 is 0.947 bits per heavy atom. The monoisotopic (exact) mass is 2110 g/mol. The maximum Gasteiger partial charge on any atom is 0.490 e. The average Bonchev–Trinajstić information content (AvgIpc) is 1.57. The van der Waals surface area contributed by atoms with Crippen molar-refractivity contribution in [2.75, 3.05) is 52.1 Å². The normalized spacial score (nSPS) is 34.3. The van der Waals surface area contributed by atoms with Crippen LogP contribution >= 0.6 is 74.2 Å². The average molecular weight is 2110 g/mol. The summed E-state index contributed by atoms with van der Waals surface area (Å²) in [5.74, 6) is -8.46. The molecule has 0 bridgehead atoms. The van der Waals surface area contributed by atoms with Crippen LogP contribution in [0, 0.1) is 6.92 Å². The highest BCUT2D eigenvalue weighted by molar-refractivity contribution is 7.66. The number of amides is 3. The first kappa shape index (κ1) is 113. The topological polar surface area (TPSA) is 912 Å². The van der Waals surface area contributed by atoms with Gasteiger partial charge in [0, 0.05) is 47.9 Å². The zero-order chi connectivity index (χ0) is 101. The van der Waals surface area contributed by atoms with Gasteiger partial charge in [0.15, 0.2) is 72.0 Å². The van der Waals surface area contributed by atoms with E-state index >= 15 is 4.39 Å². The van der Waals surface area contributed by atoms with Gasteiger partial charge in [0.1, 0.15) is 102 Å². The highest BCUT2D eigenvalue weighted by atomic mass is 35.5. The largest absolute Gasteiger partial charge is 0.490 e. The minimum Gasteiger partial charge on any atom is -0.387 e. The van der Waals surface area contributed by atoms with E-state index in [0.717, 1.165) is 81.9 Å². The van der Waals surface area contributed by atoms with Gasteiger partial charge in [0.05, 0.1) is 38.6 Å². The molecule has 2 aromatic heterocycles. The Bertz CT molecular complexity index is 5470. The molecule has 0 radical (unpaired) electrons. The van der Waals surface area contributed by atoms with E-state index in [1.807, 2.05) is 0 Å². The Balaban J connectivity index is 0.000000228. The second kappa shape index (κ2) is 41.6. The molecule has 0 aromatic carbocycles. The molecule has 11 rings (SSSR count). The number of hydrogen-bond acceptors (Lipinski definition) is 41. The third-order valence-electron chi connectivity index (χ3n) is 18.8. The summed E-state index contributed by atoms with van der Waals surface area (Å²) in [5.41, 5.74) is -0.492. The molecule has 3 unspecified atom stereocenters. The van der Waals surface area contributed by atoms with Gasteiger partial charge in [-0.2, -0.15) is 12.9 Å². The Labute approximate surface area is 743 Å². The molecule has 5 fully saturated rings. The molecule has 11 heterocycles. The van der Waals surface area contributed by atoms with Crippen molar-refractivity contribution in [1.82, 2.24) is 55.1 Å². The number of aliphatic hydroxyl groups is 7. The van der Waals surface area contributed by atoms with Crippen LogP contribution in [0.3, 0.4) is 0 Å². The molecule has 61 nitrogen and oxygen atoms in total. The molecule has 0 saturated carbocycles. The lowest BCUT2D eigenvalue weighted by Crippen LogP contribution is -2.55. The second-order valence-electron chi connectivity index (χ2n) is 29.0. The molecule has 0 spiro atoms. The van der Waals surface area contributed by atoms with Gasteiger partial charge in [-0.05, 0) is 39.3 Å². The van der Waals surface area contributed by atoms with Crippen LogP contribution in [0.4, 0.5) is 26.3 Å². The molecule has 26 N–H and O–H groups in total. The summed E-state index contributed by atoms with van der Waals surface area (Å²) in [6, 6.07) is 0. The quantitative estimate of drug-likeness (QED) is 0.00920. The van der Waals surface area contributed by atoms with Crippen LogP contribution in [-0.2, 0) is 110 Å². The van der Waals surface area contributed by atoms with Crippen molar-refractivity contribution < 1.29 is 236 Å². The summed E-state index contributed by atoms with van der Waals surface area (Å²) in [4.78, 5) is 181. The van der Waals surface area contributed by atoms with Gasteiger partial charge in [0.25, 0.3) is 35.0 Å². The number of carbonyl (C=O) groups excluding carboxylic acids is 3. The number of fused-ring (bicyclic) bond motifs is 1. The van der Waals surface area contributed by atoms with Crippen LogP contribution in [0.5, 0.6) is 0 Å². The van der Waals surface area contributed by atoms with Gasteiger partial charge in [0.2, 0.25) is 0 Å². The predicted octanol–water partition coefficient (Wildman–Crippen LogP) is -3.09.